The van der Waals surface area contributed by atoms with Crippen molar-refractivity contribution < 1.29 is 13.9 Å². The van der Waals surface area contributed by atoms with E-state index in [1.165, 1.54) is 12.1 Å². The summed E-state index contributed by atoms with van der Waals surface area (Å²) in [4.78, 5) is 0. The Balaban J connectivity index is 2.19. The summed E-state index contributed by atoms with van der Waals surface area (Å²) in [5.74, 6) is 1.10. The van der Waals surface area contributed by atoms with Gasteiger partial charge in [-0.25, -0.2) is 4.39 Å². The molecule has 2 rings (SSSR count). The number of hydrogen-bond acceptors (Lipinski definition) is 3. The van der Waals surface area contributed by atoms with Crippen LogP contribution in [0.4, 0.5) is 4.39 Å². The van der Waals surface area contributed by atoms with Crippen LogP contribution in [-0.2, 0) is 13.2 Å². The first-order valence-corrected chi connectivity index (χ1v) is 6.39. The molecule has 0 saturated carbocycles. The highest BCUT2D eigenvalue weighted by Crippen LogP contribution is 2.25. The molecule has 0 bridgehead atoms. The van der Waals surface area contributed by atoms with Gasteiger partial charge in [0.1, 0.15) is 23.9 Å². The van der Waals surface area contributed by atoms with E-state index in [4.69, 9.17) is 15.2 Å². The summed E-state index contributed by atoms with van der Waals surface area (Å²) in [5.41, 5.74) is 8.38. The molecule has 0 unspecified atom stereocenters. The Hall–Kier alpha value is -2.07. The molecule has 0 aliphatic rings. The minimum atomic E-state index is -0.265. The van der Waals surface area contributed by atoms with Crippen LogP contribution < -0.4 is 15.2 Å². The van der Waals surface area contributed by atoms with Gasteiger partial charge in [0, 0.05) is 18.2 Å². The third kappa shape index (κ3) is 3.27. The smallest absolute Gasteiger partial charge is 0.127 e. The van der Waals surface area contributed by atoms with E-state index in [0.29, 0.717) is 24.7 Å². The van der Waals surface area contributed by atoms with Gasteiger partial charge in [-0.3, -0.25) is 0 Å². The normalized spacial score (nSPS) is 10.4. The predicted octanol–water partition coefficient (Wildman–Crippen LogP) is 3.18. The SMILES string of the molecule is COc1ccc(CN)c(OCc2cc(F)ccc2C)c1. The monoisotopic (exact) mass is 275 g/mol. The quantitative estimate of drug-likeness (QED) is 0.911. The van der Waals surface area contributed by atoms with Gasteiger partial charge in [-0.05, 0) is 36.2 Å². The van der Waals surface area contributed by atoms with E-state index >= 15 is 0 Å². The van der Waals surface area contributed by atoms with Gasteiger partial charge >= 0.3 is 0 Å². The van der Waals surface area contributed by atoms with Crippen LogP contribution in [0.2, 0.25) is 0 Å². The summed E-state index contributed by atoms with van der Waals surface area (Å²) >= 11 is 0. The van der Waals surface area contributed by atoms with Crippen molar-refractivity contribution in [1.82, 2.24) is 0 Å². The maximum atomic E-state index is 13.2. The predicted molar refractivity (Wildman–Crippen MR) is 76.4 cm³/mol. The van der Waals surface area contributed by atoms with Gasteiger partial charge in [0.15, 0.2) is 0 Å². The number of nitrogens with two attached hydrogens (primary N) is 1. The summed E-state index contributed by atoms with van der Waals surface area (Å²) in [6.07, 6.45) is 0. The highest BCUT2D eigenvalue weighted by Gasteiger charge is 2.07. The Bertz CT molecular complexity index is 599. The van der Waals surface area contributed by atoms with Gasteiger partial charge < -0.3 is 15.2 Å². The summed E-state index contributed by atoms with van der Waals surface area (Å²) in [5, 5.41) is 0. The van der Waals surface area contributed by atoms with E-state index < -0.39 is 0 Å². The second-order valence-electron chi connectivity index (χ2n) is 4.54. The van der Waals surface area contributed by atoms with E-state index in [1.54, 1.807) is 19.2 Å². The third-order valence-electron chi connectivity index (χ3n) is 3.19. The molecule has 0 atom stereocenters. The molecule has 2 aromatic carbocycles. The number of aryl methyl sites for hydroxylation is 1. The highest BCUT2D eigenvalue weighted by atomic mass is 19.1. The first-order valence-electron chi connectivity index (χ1n) is 6.39. The van der Waals surface area contributed by atoms with Crippen LogP contribution in [0.1, 0.15) is 16.7 Å². The van der Waals surface area contributed by atoms with Gasteiger partial charge in [0.25, 0.3) is 0 Å². The lowest BCUT2D eigenvalue weighted by Crippen LogP contribution is -2.04. The number of halogens is 1. The molecular weight excluding hydrogens is 257 g/mol. The zero-order valence-corrected chi connectivity index (χ0v) is 11.7. The molecule has 2 N–H and O–H groups in total. The van der Waals surface area contributed by atoms with E-state index in [2.05, 4.69) is 0 Å². The molecule has 0 aliphatic heterocycles. The van der Waals surface area contributed by atoms with Crippen LogP contribution in [0.5, 0.6) is 11.5 Å². The molecule has 0 saturated heterocycles. The summed E-state index contributed by atoms with van der Waals surface area (Å²) < 4.78 is 24.2. The Kier molecular flexibility index (Phi) is 4.58. The maximum Gasteiger partial charge on any atom is 0.127 e. The lowest BCUT2D eigenvalue weighted by Gasteiger charge is -2.13. The largest absolute Gasteiger partial charge is 0.497 e. The molecule has 0 aromatic heterocycles. The maximum absolute atomic E-state index is 13.2. The molecule has 0 spiro atoms. The van der Waals surface area contributed by atoms with E-state index in [-0.39, 0.29) is 5.82 Å². The van der Waals surface area contributed by atoms with E-state index in [9.17, 15) is 4.39 Å². The standard InChI is InChI=1S/C16H18FNO2/c1-11-3-5-14(17)7-13(11)10-20-16-8-15(19-2)6-4-12(16)9-18/h3-8H,9-10,18H2,1-2H3. The zero-order chi connectivity index (χ0) is 14.5. The van der Waals surface area contributed by atoms with Crippen LogP contribution in [0.15, 0.2) is 36.4 Å². The summed E-state index contributed by atoms with van der Waals surface area (Å²) in [6.45, 7) is 2.60. The second-order valence-corrected chi connectivity index (χ2v) is 4.54. The molecule has 20 heavy (non-hydrogen) atoms. The number of rotatable bonds is 5. The van der Waals surface area contributed by atoms with E-state index in [0.717, 1.165) is 16.7 Å². The topological polar surface area (TPSA) is 44.5 Å². The lowest BCUT2D eigenvalue weighted by atomic mass is 10.1. The number of ether oxygens (including phenoxy) is 2. The number of methoxy groups -OCH3 is 1. The summed E-state index contributed by atoms with van der Waals surface area (Å²) in [7, 11) is 1.60. The highest BCUT2D eigenvalue weighted by molar-refractivity contribution is 5.41. The fourth-order valence-electron chi connectivity index (χ4n) is 1.92. The van der Waals surface area contributed by atoms with Crippen LogP contribution in [-0.4, -0.2) is 7.11 Å². The Labute approximate surface area is 118 Å². The van der Waals surface area contributed by atoms with Crippen molar-refractivity contribution in [2.45, 2.75) is 20.1 Å². The van der Waals surface area contributed by atoms with Crippen LogP contribution in [0.3, 0.4) is 0 Å². The molecule has 0 heterocycles. The van der Waals surface area contributed by atoms with Gasteiger partial charge in [0.05, 0.1) is 7.11 Å². The van der Waals surface area contributed by atoms with Crippen molar-refractivity contribution in [2.75, 3.05) is 7.11 Å². The van der Waals surface area contributed by atoms with Gasteiger partial charge in [-0.1, -0.05) is 12.1 Å². The van der Waals surface area contributed by atoms with Gasteiger partial charge in [-0.2, -0.15) is 0 Å². The van der Waals surface area contributed by atoms with E-state index in [1.807, 2.05) is 19.1 Å². The molecule has 0 radical (unpaired) electrons. The Morgan fingerprint density at radius 3 is 2.60 bits per heavy atom. The fraction of sp³-hybridized carbons (Fsp3) is 0.250. The molecular formula is C16H18FNO2. The Morgan fingerprint density at radius 1 is 1.10 bits per heavy atom. The molecule has 0 fully saturated rings. The number of hydrogen-bond donors (Lipinski definition) is 1. The molecule has 106 valence electrons. The molecule has 0 aliphatic carbocycles. The molecule has 4 heteroatoms. The minimum Gasteiger partial charge on any atom is -0.497 e. The summed E-state index contributed by atoms with van der Waals surface area (Å²) in [6, 6.07) is 10.2. The Morgan fingerprint density at radius 2 is 1.90 bits per heavy atom. The first-order chi connectivity index (χ1) is 9.63. The van der Waals surface area contributed by atoms with Crippen molar-refractivity contribution >= 4 is 0 Å². The lowest BCUT2D eigenvalue weighted by molar-refractivity contribution is 0.299. The van der Waals surface area contributed by atoms with Crippen molar-refractivity contribution in [3.63, 3.8) is 0 Å². The zero-order valence-electron chi connectivity index (χ0n) is 11.7. The van der Waals surface area contributed by atoms with Crippen molar-refractivity contribution in [2.24, 2.45) is 5.73 Å². The minimum absolute atomic E-state index is 0.265. The first kappa shape index (κ1) is 14.3. The van der Waals surface area contributed by atoms with Crippen LogP contribution in [0.25, 0.3) is 0 Å². The average molecular weight is 275 g/mol. The number of benzene rings is 2. The van der Waals surface area contributed by atoms with Crippen molar-refractivity contribution in [1.29, 1.82) is 0 Å². The van der Waals surface area contributed by atoms with Crippen molar-refractivity contribution in [3.05, 3.63) is 58.9 Å². The van der Waals surface area contributed by atoms with Gasteiger partial charge in [0.2, 0.25) is 0 Å². The fourth-order valence-corrected chi connectivity index (χ4v) is 1.92. The average Bonchev–Trinajstić information content (AvgIpc) is 2.47. The van der Waals surface area contributed by atoms with Crippen LogP contribution >= 0.6 is 0 Å². The molecule has 3 nitrogen and oxygen atoms in total. The molecule has 2 aromatic rings. The van der Waals surface area contributed by atoms with Crippen molar-refractivity contribution in [3.8, 4) is 11.5 Å². The molecule has 0 amide bonds. The third-order valence-corrected chi connectivity index (χ3v) is 3.19. The second kappa shape index (κ2) is 6.39. The van der Waals surface area contributed by atoms with Crippen LogP contribution in [0, 0.1) is 12.7 Å². The van der Waals surface area contributed by atoms with Gasteiger partial charge in [-0.15, -0.1) is 0 Å².